The number of likely N-dealkylation sites (N-methyl/N-ethyl adjacent to an activating group) is 1. The molecule has 0 fully saturated rings. The molecular formula is C15H24N2. The first kappa shape index (κ1) is 12.4. The minimum Gasteiger partial charge on any atom is -0.369 e. The summed E-state index contributed by atoms with van der Waals surface area (Å²) in [4.78, 5) is 2.53. The van der Waals surface area contributed by atoms with Crippen molar-refractivity contribution in [2.45, 2.75) is 33.2 Å². The summed E-state index contributed by atoms with van der Waals surface area (Å²) in [5.74, 6) is 0.683. The van der Waals surface area contributed by atoms with Crippen LogP contribution in [0.25, 0.3) is 0 Å². The molecule has 1 aromatic carbocycles. The summed E-state index contributed by atoms with van der Waals surface area (Å²) in [5.41, 5.74) is 2.95. The first-order valence-corrected chi connectivity index (χ1v) is 6.78. The summed E-state index contributed by atoms with van der Waals surface area (Å²) < 4.78 is 0. The number of hydrogen-bond acceptors (Lipinski definition) is 2. The number of nitrogens with zero attached hydrogens (tertiary/aromatic N) is 1. The lowest BCUT2D eigenvalue weighted by Gasteiger charge is -2.29. The van der Waals surface area contributed by atoms with Crippen LogP contribution < -0.4 is 10.2 Å². The third kappa shape index (κ3) is 2.81. The van der Waals surface area contributed by atoms with E-state index < -0.39 is 0 Å². The number of rotatable bonds is 5. The van der Waals surface area contributed by atoms with Crippen molar-refractivity contribution in [1.82, 2.24) is 5.32 Å². The number of benzene rings is 1. The van der Waals surface area contributed by atoms with Crippen molar-refractivity contribution < 1.29 is 0 Å². The van der Waals surface area contributed by atoms with Crippen molar-refractivity contribution in [1.29, 1.82) is 0 Å². The maximum absolute atomic E-state index is 3.60. The van der Waals surface area contributed by atoms with Gasteiger partial charge in [-0.2, -0.15) is 0 Å². The second-order valence-corrected chi connectivity index (χ2v) is 5.23. The van der Waals surface area contributed by atoms with Crippen LogP contribution in [0.2, 0.25) is 0 Å². The molecule has 94 valence electrons. The molecule has 0 saturated heterocycles. The molecular weight excluding hydrogens is 208 g/mol. The van der Waals surface area contributed by atoms with Crippen LogP contribution in [0.15, 0.2) is 24.3 Å². The molecule has 1 atom stereocenters. The normalized spacial score (nSPS) is 16.4. The van der Waals surface area contributed by atoms with Crippen molar-refractivity contribution in [2.75, 3.05) is 24.5 Å². The molecule has 2 nitrogen and oxygen atoms in total. The fourth-order valence-corrected chi connectivity index (χ4v) is 2.61. The number of para-hydroxylation sites is 1. The molecule has 0 aliphatic carbocycles. The zero-order valence-corrected chi connectivity index (χ0v) is 11.2. The van der Waals surface area contributed by atoms with E-state index in [2.05, 4.69) is 55.3 Å². The van der Waals surface area contributed by atoms with Gasteiger partial charge in [-0.1, -0.05) is 39.0 Å². The number of nitrogens with one attached hydrogen (secondary N) is 1. The maximum atomic E-state index is 3.60. The van der Waals surface area contributed by atoms with Crippen LogP contribution in [-0.2, 0) is 6.42 Å². The predicted molar refractivity (Wildman–Crippen MR) is 74.7 cm³/mol. The zero-order valence-electron chi connectivity index (χ0n) is 11.2. The standard InChI is InChI=1S/C15H24N2/c1-4-16-14(12(2)3)11-17-10-9-13-7-5-6-8-15(13)17/h5-8,12,14,16H,4,9-11H2,1-3H3. The average Bonchev–Trinajstić information content (AvgIpc) is 2.72. The highest BCUT2D eigenvalue weighted by Crippen LogP contribution is 2.27. The van der Waals surface area contributed by atoms with Crippen molar-refractivity contribution in [3.63, 3.8) is 0 Å². The van der Waals surface area contributed by atoms with E-state index in [4.69, 9.17) is 0 Å². The van der Waals surface area contributed by atoms with E-state index in [0.29, 0.717) is 12.0 Å². The molecule has 0 aromatic heterocycles. The third-order valence-corrected chi connectivity index (χ3v) is 3.67. The summed E-state index contributed by atoms with van der Waals surface area (Å²) in [7, 11) is 0. The molecule has 1 aliphatic rings. The van der Waals surface area contributed by atoms with Gasteiger partial charge in [0.15, 0.2) is 0 Å². The molecule has 0 saturated carbocycles. The van der Waals surface area contributed by atoms with Crippen LogP contribution in [0.1, 0.15) is 26.3 Å². The van der Waals surface area contributed by atoms with Crippen molar-refractivity contribution in [3.8, 4) is 0 Å². The van der Waals surface area contributed by atoms with E-state index in [1.807, 2.05) is 0 Å². The number of hydrogen-bond donors (Lipinski definition) is 1. The average molecular weight is 232 g/mol. The predicted octanol–water partition coefficient (Wildman–Crippen LogP) is 2.68. The van der Waals surface area contributed by atoms with Gasteiger partial charge in [-0.15, -0.1) is 0 Å². The molecule has 2 rings (SSSR count). The number of anilines is 1. The molecule has 1 aromatic rings. The van der Waals surface area contributed by atoms with Gasteiger partial charge in [-0.3, -0.25) is 0 Å². The Bertz CT molecular complexity index is 360. The fraction of sp³-hybridized carbons (Fsp3) is 0.600. The number of fused-ring (bicyclic) bond motifs is 1. The van der Waals surface area contributed by atoms with Crippen LogP contribution in [0, 0.1) is 5.92 Å². The van der Waals surface area contributed by atoms with Gasteiger partial charge >= 0.3 is 0 Å². The van der Waals surface area contributed by atoms with Gasteiger partial charge in [0, 0.05) is 24.8 Å². The third-order valence-electron chi connectivity index (χ3n) is 3.67. The molecule has 0 amide bonds. The zero-order chi connectivity index (χ0) is 12.3. The van der Waals surface area contributed by atoms with E-state index >= 15 is 0 Å². The highest BCUT2D eigenvalue weighted by molar-refractivity contribution is 5.57. The topological polar surface area (TPSA) is 15.3 Å². The molecule has 0 bridgehead atoms. The second kappa shape index (κ2) is 5.54. The summed E-state index contributed by atoms with van der Waals surface area (Å²) in [6, 6.07) is 9.39. The second-order valence-electron chi connectivity index (χ2n) is 5.23. The Labute approximate surface area is 105 Å². The molecule has 17 heavy (non-hydrogen) atoms. The maximum Gasteiger partial charge on any atom is 0.0400 e. The van der Waals surface area contributed by atoms with Gasteiger partial charge in [0.2, 0.25) is 0 Å². The Morgan fingerprint density at radius 3 is 2.76 bits per heavy atom. The van der Waals surface area contributed by atoms with Crippen LogP contribution in [0.5, 0.6) is 0 Å². The van der Waals surface area contributed by atoms with Crippen LogP contribution in [-0.4, -0.2) is 25.7 Å². The molecule has 2 heteroatoms. The van der Waals surface area contributed by atoms with Crippen molar-refractivity contribution >= 4 is 5.69 Å². The summed E-state index contributed by atoms with van der Waals surface area (Å²) in [6.45, 7) is 10.1. The van der Waals surface area contributed by atoms with E-state index in [-0.39, 0.29) is 0 Å². The van der Waals surface area contributed by atoms with E-state index in [1.54, 1.807) is 0 Å². The van der Waals surface area contributed by atoms with Crippen LogP contribution in [0.3, 0.4) is 0 Å². The first-order chi connectivity index (χ1) is 8.22. The Morgan fingerprint density at radius 1 is 1.29 bits per heavy atom. The van der Waals surface area contributed by atoms with Crippen LogP contribution >= 0.6 is 0 Å². The van der Waals surface area contributed by atoms with E-state index in [0.717, 1.165) is 13.1 Å². The molecule has 0 spiro atoms. The molecule has 1 aliphatic heterocycles. The Kier molecular flexibility index (Phi) is 4.06. The first-order valence-electron chi connectivity index (χ1n) is 6.78. The van der Waals surface area contributed by atoms with Gasteiger partial charge in [-0.05, 0) is 30.5 Å². The summed E-state index contributed by atoms with van der Waals surface area (Å²) in [6.07, 6.45) is 1.20. The van der Waals surface area contributed by atoms with Gasteiger partial charge in [0.05, 0.1) is 0 Å². The smallest absolute Gasteiger partial charge is 0.0400 e. The fourth-order valence-electron chi connectivity index (χ4n) is 2.61. The van der Waals surface area contributed by atoms with E-state index in [9.17, 15) is 0 Å². The summed E-state index contributed by atoms with van der Waals surface area (Å²) >= 11 is 0. The van der Waals surface area contributed by atoms with Gasteiger partial charge in [0.1, 0.15) is 0 Å². The molecule has 1 heterocycles. The lowest BCUT2D eigenvalue weighted by molar-refractivity contribution is 0.407. The molecule has 1 N–H and O–H groups in total. The van der Waals surface area contributed by atoms with Gasteiger partial charge in [0.25, 0.3) is 0 Å². The van der Waals surface area contributed by atoms with E-state index in [1.165, 1.54) is 24.2 Å². The highest BCUT2D eigenvalue weighted by Gasteiger charge is 2.22. The van der Waals surface area contributed by atoms with Crippen molar-refractivity contribution in [2.24, 2.45) is 5.92 Å². The van der Waals surface area contributed by atoms with Gasteiger partial charge < -0.3 is 10.2 Å². The minimum absolute atomic E-state index is 0.589. The van der Waals surface area contributed by atoms with Crippen molar-refractivity contribution in [3.05, 3.63) is 29.8 Å². The quantitative estimate of drug-likeness (QED) is 0.839. The largest absolute Gasteiger partial charge is 0.369 e. The van der Waals surface area contributed by atoms with Crippen LogP contribution in [0.4, 0.5) is 5.69 Å². The Balaban J connectivity index is 2.05. The Morgan fingerprint density at radius 2 is 2.06 bits per heavy atom. The minimum atomic E-state index is 0.589. The summed E-state index contributed by atoms with van der Waals surface area (Å²) in [5, 5.41) is 3.60. The highest BCUT2D eigenvalue weighted by atomic mass is 15.2. The SMILES string of the molecule is CCNC(CN1CCc2ccccc21)C(C)C. The lowest BCUT2D eigenvalue weighted by Crippen LogP contribution is -2.43. The monoisotopic (exact) mass is 232 g/mol. The lowest BCUT2D eigenvalue weighted by atomic mass is 10.0. The van der Waals surface area contributed by atoms with Gasteiger partial charge in [-0.25, -0.2) is 0 Å². The molecule has 1 unspecified atom stereocenters. The molecule has 0 radical (unpaired) electrons. The Hall–Kier alpha value is -1.02.